The molecule has 0 bridgehead atoms. The lowest BCUT2D eigenvalue weighted by molar-refractivity contribution is -0.169. The number of tetrazole rings is 1. The van der Waals surface area contributed by atoms with Crippen LogP contribution in [-0.4, -0.2) is 48.8 Å². The Morgan fingerprint density at radius 3 is 2.52 bits per heavy atom. The van der Waals surface area contributed by atoms with Crippen LogP contribution in [0.5, 0.6) is 0 Å². The molecule has 23 heavy (non-hydrogen) atoms. The minimum Gasteiger partial charge on any atom is -0.383 e. The summed E-state index contributed by atoms with van der Waals surface area (Å²) in [5.41, 5.74) is 0.698. The SMILES string of the molecule is O=C(C(O)CC(F)(F)F)N(Cc1ccccc1)Cc1nn[nH]n1. The van der Waals surface area contributed by atoms with E-state index in [4.69, 9.17) is 0 Å². The summed E-state index contributed by atoms with van der Waals surface area (Å²) < 4.78 is 37.1. The van der Waals surface area contributed by atoms with Gasteiger partial charge in [-0.1, -0.05) is 35.5 Å². The van der Waals surface area contributed by atoms with Crippen LogP contribution >= 0.6 is 0 Å². The number of aliphatic hydroxyl groups is 1. The van der Waals surface area contributed by atoms with E-state index >= 15 is 0 Å². The molecule has 1 aromatic heterocycles. The number of amides is 1. The number of aliphatic hydroxyl groups excluding tert-OH is 1. The maximum Gasteiger partial charge on any atom is 0.392 e. The van der Waals surface area contributed by atoms with Crippen molar-refractivity contribution in [1.82, 2.24) is 25.5 Å². The first-order valence-corrected chi connectivity index (χ1v) is 6.65. The van der Waals surface area contributed by atoms with Crippen LogP contribution in [0.15, 0.2) is 30.3 Å². The van der Waals surface area contributed by atoms with Gasteiger partial charge in [0, 0.05) is 6.54 Å². The molecule has 0 saturated carbocycles. The second-order valence-electron chi connectivity index (χ2n) is 4.84. The van der Waals surface area contributed by atoms with Gasteiger partial charge in [0.05, 0.1) is 13.0 Å². The lowest BCUT2D eigenvalue weighted by Gasteiger charge is -2.24. The average Bonchev–Trinajstić information content (AvgIpc) is 2.98. The van der Waals surface area contributed by atoms with Gasteiger partial charge in [0.1, 0.15) is 6.10 Å². The lowest BCUT2D eigenvalue weighted by Crippen LogP contribution is -2.40. The second-order valence-corrected chi connectivity index (χ2v) is 4.84. The molecule has 0 aliphatic heterocycles. The molecule has 124 valence electrons. The van der Waals surface area contributed by atoms with Crippen LogP contribution < -0.4 is 0 Å². The summed E-state index contributed by atoms with van der Waals surface area (Å²) in [5.74, 6) is -0.913. The molecular formula is C13H14F3N5O2. The zero-order valence-electron chi connectivity index (χ0n) is 11.9. The van der Waals surface area contributed by atoms with Gasteiger partial charge in [0.25, 0.3) is 5.91 Å². The third-order valence-corrected chi connectivity index (χ3v) is 2.96. The maximum absolute atomic E-state index is 12.4. The van der Waals surface area contributed by atoms with Gasteiger partial charge in [-0.15, -0.1) is 10.2 Å². The monoisotopic (exact) mass is 329 g/mol. The molecule has 1 atom stereocenters. The summed E-state index contributed by atoms with van der Waals surface area (Å²) in [6.07, 6.45) is -8.42. The van der Waals surface area contributed by atoms with Gasteiger partial charge in [-0.25, -0.2) is 0 Å². The van der Waals surface area contributed by atoms with Crippen molar-refractivity contribution in [3.8, 4) is 0 Å². The Kier molecular flexibility index (Phi) is 5.27. The fourth-order valence-electron chi connectivity index (χ4n) is 1.95. The molecule has 7 nitrogen and oxygen atoms in total. The number of benzene rings is 1. The summed E-state index contributed by atoms with van der Waals surface area (Å²) in [7, 11) is 0. The summed E-state index contributed by atoms with van der Waals surface area (Å²) >= 11 is 0. The van der Waals surface area contributed by atoms with E-state index in [-0.39, 0.29) is 18.9 Å². The van der Waals surface area contributed by atoms with E-state index in [1.165, 1.54) is 0 Å². The van der Waals surface area contributed by atoms with E-state index in [9.17, 15) is 23.1 Å². The van der Waals surface area contributed by atoms with Gasteiger partial charge < -0.3 is 10.0 Å². The molecule has 2 N–H and O–H groups in total. The molecule has 0 radical (unpaired) electrons. The summed E-state index contributed by atoms with van der Waals surface area (Å²) in [6, 6.07) is 8.67. The highest BCUT2D eigenvalue weighted by atomic mass is 19.4. The fraction of sp³-hybridized carbons (Fsp3) is 0.385. The van der Waals surface area contributed by atoms with E-state index in [1.807, 2.05) is 0 Å². The lowest BCUT2D eigenvalue weighted by atomic mass is 10.1. The van der Waals surface area contributed by atoms with Gasteiger partial charge in [-0.3, -0.25) is 4.79 Å². The number of rotatable bonds is 6. The smallest absolute Gasteiger partial charge is 0.383 e. The van der Waals surface area contributed by atoms with E-state index < -0.39 is 24.6 Å². The van der Waals surface area contributed by atoms with Crippen LogP contribution in [0.1, 0.15) is 17.8 Å². The topological polar surface area (TPSA) is 95.0 Å². The molecule has 0 saturated heterocycles. The Balaban J connectivity index is 2.13. The molecule has 10 heteroatoms. The Labute approximate surface area is 129 Å². The van der Waals surface area contributed by atoms with Gasteiger partial charge in [0.15, 0.2) is 5.82 Å². The number of halogens is 3. The van der Waals surface area contributed by atoms with E-state index in [0.29, 0.717) is 5.56 Å². The Morgan fingerprint density at radius 1 is 1.26 bits per heavy atom. The molecule has 2 aromatic rings. The van der Waals surface area contributed by atoms with E-state index in [0.717, 1.165) is 4.90 Å². The molecule has 1 unspecified atom stereocenters. The number of hydrogen-bond donors (Lipinski definition) is 2. The normalized spacial score (nSPS) is 12.9. The molecular weight excluding hydrogens is 315 g/mol. The first-order chi connectivity index (χ1) is 10.8. The summed E-state index contributed by atoms with van der Waals surface area (Å²) in [5, 5.41) is 22.4. The fourth-order valence-corrected chi connectivity index (χ4v) is 1.95. The number of carbonyl (C=O) groups excluding carboxylic acids is 1. The van der Waals surface area contributed by atoms with Crippen molar-refractivity contribution in [2.24, 2.45) is 0 Å². The van der Waals surface area contributed by atoms with Gasteiger partial charge >= 0.3 is 6.18 Å². The highest BCUT2D eigenvalue weighted by molar-refractivity contribution is 5.80. The van der Waals surface area contributed by atoms with Crippen molar-refractivity contribution in [2.45, 2.75) is 31.8 Å². The zero-order valence-corrected chi connectivity index (χ0v) is 11.9. The van der Waals surface area contributed by atoms with Crippen LogP contribution in [0.3, 0.4) is 0 Å². The van der Waals surface area contributed by atoms with Crippen LogP contribution in [-0.2, 0) is 17.9 Å². The van der Waals surface area contributed by atoms with Crippen LogP contribution in [0.4, 0.5) is 13.2 Å². The van der Waals surface area contributed by atoms with Gasteiger partial charge in [-0.05, 0) is 5.56 Å². The van der Waals surface area contributed by atoms with Crippen LogP contribution in [0, 0.1) is 0 Å². The summed E-state index contributed by atoms with van der Waals surface area (Å²) in [6.45, 7) is -0.151. The number of alkyl halides is 3. The molecule has 1 heterocycles. The van der Waals surface area contributed by atoms with Crippen molar-refractivity contribution in [3.63, 3.8) is 0 Å². The highest BCUT2D eigenvalue weighted by Crippen LogP contribution is 2.23. The number of hydrogen-bond acceptors (Lipinski definition) is 5. The molecule has 0 aliphatic rings. The van der Waals surface area contributed by atoms with Crippen molar-refractivity contribution < 1.29 is 23.1 Å². The second kappa shape index (κ2) is 7.18. The molecule has 0 spiro atoms. The molecule has 2 rings (SSSR count). The van der Waals surface area contributed by atoms with Gasteiger partial charge in [0.2, 0.25) is 0 Å². The van der Waals surface area contributed by atoms with Crippen LogP contribution in [0.2, 0.25) is 0 Å². The minimum absolute atomic E-state index is 0.0170. The quantitative estimate of drug-likeness (QED) is 0.826. The Hall–Kier alpha value is -2.49. The average molecular weight is 329 g/mol. The number of carbonyl (C=O) groups is 1. The minimum atomic E-state index is -4.64. The molecule has 1 aromatic carbocycles. The number of H-pyrrole nitrogens is 1. The molecule has 0 aliphatic carbocycles. The predicted molar refractivity (Wildman–Crippen MR) is 71.6 cm³/mol. The predicted octanol–water partition coefficient (Wildman–Crippen LogP) is 1.04. The first kappa shape index (κ1) is 16.9. The standard InChI is InChI=1S/C13H14F3N5O2/c14-13(15,16)6-10(22)12(23)21(8-11-17-19-20-18-11)7-9-4-2-1-3-5-9/h1-5,10,22H,6-8H2,(H,17,18,19,20). The number of nitrogens with zero attached hydrogens (tertiary/aromatic N) is 4. The van der Waals surface area contributed by atoms with E-state index in [1.54, 1.807) is 30.3 Å². The largest absolute Gasteiger partial charge is 0.392 e. The van der Waals surface area contributed by atoms with Crippen LogP contribution in [0.25, 0.3) is 0 Å². The van der Waals surface area contributed by atoms with Crippen molar-refractivity contribution in [3.05, 3.63) is 41.7 Å². The van der Waals surface area contributed by atoms with Gasteiger partial charge in [-0.2, -0.15) is 18.4 Å². The first-order valence-electron chi connectivity index (χ1n) is 6.65. The third-order valence-electron chi connectivity index (χ3n) is 2.96. The molecule has 0 fully saturated rings. The number of aromatic amines is 1. The van der Waals surface area contributed by atoms with Crippen molar-refractivity contribution in [1.29, 1.82) is 0 Å². The van der Waals surface area contributed by atoms with Crippen molar-refractivity contribution in [2.75, 3.05) is 0 Å². The summed E-state index contributed by atoms with van der Waals surface area (Å²) in [4.78, 5) is 13.2. The highest BCUT2D eigenvalue weighted by Gasteiger charge is 2.36. The molecule has 1 amide bonds. The zero-order chi connectivity index (χ0) is 16.9. The third kappa shape index (κ3) is 5.33. The maximum atomic E-state index is 12.4. The van der Waals surface area contributed by atoms with Crippen molar-refractivity contribution >= 4 is 5.91 Å². The number of nitrogens with one attached hydrogen (secondary N) is 1. The van der Waals surface area contributed by atoms with E-state index in [2.05, 4.69) is 20.6 Å². The Bertz CT molecular complexity index is 618. The Morgan fingerprint density at radius 2 is 1.96 bits per heavy atom. The number of aromatic nitrogens is 4.